The minimum absolute atomic E-state index is 0.224. The minimum Gasteiger partial charge on any atom is -0.487 e. The van der Waals surface area contributed by atoms with Crippen LogP contribution in [0.25, 0.3) is 11.0 Å². The first-order chi connectivity index (χ1) is 13.6. The Morgan fingerprint density at radius 2 is 2.03 bits per heavy atom. The van der Waals surface area contributed by atoms with E-state index >= 15 is 0 Å². The van der Waals surface area contributed by atoms with E-state index in [9.17, 15) is 19.5 Å². The number of carboxylic acid groups (broad SMARTS) is 1. The quantitative estimate of drug-likeness (QED) is 0.721. The maximum Gasteiger partial charge on any atom is 0.340 e. The van der Waals surface area contributed by atoms with E-state index in [0.717, 1.165) is 23.8 Å². The van der Waals surface area contributed by atoms with Crippen LogP contribution in [-0.2, 0) is 22.4 Å². The van der Waals surface area contributed by atoms with Crippen molar-refractivity contribution in [2.75, 3.05) is 0 Å². The normalized spacial score (nSPS) is 16.0. The van der Waals surface area contributed by atoms with Crippen LogP contribution in [0.3, 0.4) is 0 Å². The van der Waals surface area contributed by atoms with Crippen LogP contribution in [0.4, 0.5) is 0 Å². The van der Waals surface area contributed by atoms with E-state index < -0.39 is 23.5 Å². The number of ether oxygens (including phenoxy) is 1. The Kier molecular flexibility index (Phi) is 5.68. The molecule has 2 aromatic rings. The van der Waals surface area contributed by atoms with E-state index in [0.29, 0.717) is 29.7 Å². The summed E-state index contributed by atoms with van der Waals surface area (Å²) in [5, 5.41) is 12.5. The summed E-state index contributed by atoms with van der Waals surface area (Å²) in [4.78, 5) is 36.2. The van der Waals surface area contributed by atoms with Crippen LogP contribution in [0.15, 0.2) is 21.3 Å². The lowest BCUT2D eigenvalue weighted by molar-refractivity contribution is -0.141. The third kappa shape index (κ3) is 4.44. The summed E-state index contributed by atoms with van der Waals surface area (Å²) in [7, 11) is 0. The lowest BCUT2D eigenvalue weighted by Crippen LogP contribution is -2.41. The summed E-state index contributed by atoms with van der Waals surface area (Å²) < 4.78 is 11.5. The van der Waals surface area contributed by atoms with E-state index in [1.807, 2.05) is 26.8 Å². The van der Waals surface area contributed by atoms with Crippen molar-refractivity contribution in [2.24, 2.45) is 0 Å². The van der Waals surface area contributed by atoms with Crippen molar-refractivity contribution in [3.05, 3.63) is 39.2 Å². The third-order valence-electron chi connectivity index (χ3n) is 5.40. The van der Waals surface area contributed by atoms with E-state index in [4.69, 9.17) is 9.15 Å². The molecule has 0 fully saturated rings. The van der Waals surface area contributed by atoms with Gasteiger partial charge in [-0.2, -0.15) is 0 Å². The van der Waals surface area contributed by atoms with Gasteiger partial charge in [-0.15, -0.1) is 0 Å². The number of fused-ring (bicyclic) bond motifs is 2. The molecule has 0 unspecified atom stereocenters. The van der Waals surface area contributed by atoms with Crippen LogP contribution in [0.1, 0.15) is 56.7 Å². The fourth-order valence-electron chi connectivity index (χ4n) is 3.69. The van der Waals surface area contributed by atoms with Crippen molar-refractivity contribution in [1.29, 1.82) is 0 Å². The maximum absolute atomic E-state index is 12.5. The molecule has 0 saturated carbocycles. The summed E-state index contributed by atoms with van der Waals surface area (Å²) in [5.41, 5.74) is 1.50. The molecule has 0 bridgehead atoms. The minimum atomic E-state index is -1.09. The average molecular weight is 401 g/mol. The zero-order valence-corrected chi connectivity index (χ0v) is 17.3. The molecule has 1 amide bonds. The average Bonchev–Trinajstić information content (AvgIpc) is 2.63. The maximum atomic E-state index is 12.5. The number of hydrogen-bond donors (Lipinski definition) is 2. The molecule has 2 heterocycles. The fraction of sp³-hybridized carbons (Fsp3) is 0.500. The lowest BCUT2D eigenvalue weighted by atomic mass is 9.92. The molecule has 2 N–H and O–H groups in total. The predicted octanol–water partition coefficient (Wildman–Crippen LogP) is 3.12. The molecule has 0 spiro atoms. The molecule has 3 rings (SSSR count). The summed E-state index contributed by atoms with van der Waals surface area (Å²) in [6.07, 6.45) is 2.46. The Morgan fingerprint density at radius 3 is 2.69 bits per heavy atom. The molecule has 7 heteroatoms. The highest BCUT2D eigenvalue weighted by atomic mass is 16.5. The molecule has 7 nitrogen and oxygen atoms in total. The summed E-state index contributed by atoms with van der Waals surface area (Å²) in [6.45, 7) is 7.66. The van der Waals surface area contributed by atoms with Crippen LogP contribution in [-0.4, -0.2) is 28.6 Å². The summed E-state index contributed by atoms with van der Waals surface area (Å²) >= 11 is 0. The third-order valence-corrected chi connectivity index (χ3v) is 5.40. The van der Waals surface area contributed by atoms with Gasteiger partial charge < -0.3 is 19.6 Å². The van der Waals surface area contributed by atoms with Gasteiger partial charge in [0.2, 0.25) is 5.91 Å². The van der Waals surface area contributed by atoms with Crippen molar-refractivity contribution in [1.82, 2.24) is 5.32 Å². The highest BCUT2D eigenvalue weighted by Crippen LogP contribution is 2.36. The van der Waals surface area contributed by atoms with E-state index in [-0.39, 0.29) is 17.6 Å². The molecule has 0 aliphatic carbocycles. The second-order valence-electron chi connectivity index (χ2n) is 8.23. The molecule has 29 heavy (non-hydrogen) atoms. The highest BCUT2D eigenvalue weighted by molar-refractivity contribution is 5.88. The van der Waals surface area contributed by atoms with Gasteiger partial charge in [-0.1, -0.05) is 13.3 Å². The number of carboxylic acids is 1. The fourth-order valence-corrected chi connectivity index (χ4v) is 3.69. The number of hydrogen-bond acceptors (Lipinski definition) is 5. The molecule has 1 aliphatic rings. The number of carbonyl (C=O) groups is 2. The topological polar surface area (TPSA) is 106 Å². The molecular weight excluding hydrogens is 374 g/mol. The van der Waals surface area contributed by atoms with Gasteiger partial charge in [0.05, 0.1) is 12.0 Å². The monoisotopic (exact) mass is 401 g/mol. The number of nitrogens with one attached hydrogen (secondary N) is 1. The van der Waals surface area contributed by atoms with Crippen molar-refractivity contribution in [3.8, 4) is 5.75 Å². The second kappa shape index (κ2) is 7.89. The van der Waals surface area contributed by atoms with Gasteiger partial charge in [-0.3, -0.25) is 4.79 Å². The summed E-state index contributed by atoms with van der Waals surface area (Å²) in [5.74, 6) is -0.883. The first-order valence-corrected chi connectivity index (χ1v) is 9.91. The number of rotatable bonds is 6. The molecule has 156 valence electrons. The van der Waals surface area contributed by atoms with E-state index in [1.54, 1.807) is 13.0 Å². The number of benzene rings is 1. The Labute approximate surface area is 169 Å². The molecule has 0 saturated heterocycles. The number of aryl methyl sites for hydroxylation is 2. The van der Waals surface area contributed by atoms with Gasteiger partial charge in [0, 0.05) is 11.5 Å². The second-order valence-corrected chi connectivity index (χ2v) is 8.23. The molecule has 1 aromatic carbocycles. The molecule has 0 radical (unpaired) electrons. The number of amides is 1. The van der Waals surface area contributed by atoms with E-state index in [2.05, 4.69) is 5.32 Å². The molecule has 1 atom stereocenters. The smallest absolute Gasteiger partial charge is 0.340 e. The van der Waals surface area contributed by atoms with Gasteiger partial charge in [0.1, 0.15) is 23.0 Å². The number of aliphatic carboxylic acids is 1. The lowest BCUT2D eigenvalue weighted by Gasteiger charge is -2.32. The van der Waals surface area contributed by atoms with Gasteiger partial charge in [-0.25, -0.2) is 9.59 Å². The Morgan fingerprint density at radius 1 is 1.31 bits per heavy atom. The van der Waals surface area contributed by atoms with Crippen LogP contribution in [0.5, 0.6) is 5.75 Å². The molecule has 1 aromatic heterocycles. The van der Waals surface area contributed by atoms with Gasteiger partial charge >= 0.3 is 11.6 Å². The van der Waals surface area contributed by atoms with Crippen molar-refractivity contribution in [3.63, 3.8) is 0 Å². The summed E-state index contributed by atoms with van der Waals surface area (Å²) in [6, 6.07) is 2.73. The Bertz CT molecular complexity index is 1020. The zero-order valence-electron chi connectivity index (χ0n) is 17.3. The van der Waals surface area contributed by atoms with Gasteiger partial charge in [-0.05, 0) is 57.2 Å². The van der Waals surface area contributed by atoms with Crippen molar-refractivity contribution < 1.29 is 23.8 Å². The van der Waals surface area contributed by atoms with Crippen molar-refractivity contribution >= 4 is 22.8 Å². The van der Waals surface area contributed by atoms with E-state index in [1.165, 1.54) is 0 Å². The van der Waals surface area contributed by atoms with Gasteiger partial charge in [0.25, 0.3) is 0 Å². The molecular formula is C22H27NO6. The van der Waals surface area contributed by atoms with Crippen LogP contribution in [0, 0.1) is 6.92 Å². The standard InChI is InChI=1S/C22H27NO6/c1-5-6-16(20(25)26)23-19(24)10-15-12(2)14-9-13-7-8-22(3,4)29-17(13)11-18(14)28-21(15)27/h9,11,16H,5-8,10H2,1-4H3,(H,23,24)(H,25,26)/t16-/m0/s1. The Hall–Kier alpha value is -2.83. The Balaban J connectivity index is 1.92. The van der Waals surface area contributed by atoms with Crippen LogP contribution >= 0.6 is 0 Å². The zero-order chi connectivity index (χ0) is 21.3. The first kappa shape index (κ1) is 20.9. The van der Waals surface area contributed by atoms with Crippen LogP contribution < -0.4 is 15.7 Å². The largest absolute Gasteiger partial charge is 0.487 e. The van der Waals surface area contributed by atoms with Gasteiger partial charge in [0.15, 0.2) is 0 Å². The van der Waals surface area contributed by atoms with Crippen molar-refractivity contribution in [2.45, 2.75) is 71.4 Å². The first-order valence-electron chi connectivity index (χ1n) is 9.91. The highest BCUT2D eigenvalue weighted by Gasteiger charge is 2.28. The number of carbonyl (C=O) groups excluding carboxylic acids is 1. The SMILES string of the molecule is CCC[C@H](NC(=O)Cc1c(C)c2cc3c(cc2oc1=O)OC(C)(C)CC3)C(=O)O. The molecule has 1 aliphatic heterocycles. The predicted molar refractivity (Wildman–Crippen MR) is 108 cm³/mol. The van der Waals surface area contributed by atoms with Crippen LogP contribution in [0.2, 0.25) is 0 Å².